The molecule has 1 saturated carbocycles. The van der Waals surface area contributed by atoms with Crippen molar-refractivity contribution in [1.29, 1.82) is 0 Å². The van der Waals surface area contributed by atoms with Gasteiger partial charge in [-0.15, -0.1) is 0 Å². The third-order valence-electron chi connectivity index (χ3n) is 4.52. The Morgan fingerprint density at radius 2 is 1.56 bits per heavy atom. The van der Waals surface area contributed by atoms with Crippen LogP contribution in [0.2, 0.25) is 0 Å². The molecule has 0 amide bonds. The summed E-state index contributed by atoms with van der Waals surface area (Å²) in [6.45, 7) is 6.32. The minimum absolute atomic E-state index is 0.00367. The van der Waals surface area contributed by atoms with Gasteiger partial charge in [0.25, 0.3) is 0 Å². The molecule has 2 fully saturated rings. The van der Waals surface area contributed by atoms with Crippen LogP contribution in [0.25, 0.3) is 0 Å². The van der Waals surface area contributed by atoms with Crippen LogP contribution in [0.5, 0.6) is 0 Å². The normalized spacial score (nSPS) is 40.9. The molecule has 3 heteroatoms. The lowest BCUT2D eigenvalue weighted by Gasteiger charge is -2.31. The van der Waals surface area contributed by atoms with E-state index in [1.807, 2.05) is 0 Å². The van der Waals surface area contributed by atoms with Crippen molar-refractivity contribution in [2.75, 3.05) is 19.6 Å². The Bertz CT molecular complexity index is 194. The van der Waals surface area contributed by atoms with Gasteiger partial charge >= 0.3 is 0 Å². The fourth-order valence-corrected chi connectivity index (χ4v) is 3.27. The average molecular weight is 228 g/mol. The summed E-state index contributed by atoms with van der Waals surface area (Å²) in [6, 6.07) is 1.67. The Kier molecular flexibility index (Phi) is 4.62. The first-order valence-corrected chi connectivity index (χ1v) is 7.14. The van der Waals surface area contributed by atoms with Crippen molar-refractivity contribution in [3.05, 3.63) is 0 Å². The number of hydrogen-bond donors (Lipinski definition) is 3. The standard InChI is InChI=1S/C13H26N2O/c1-2-15-9-7-12(8-10-15)14-11-3-5-13(16)6-4-11/h11-14,16H,2-10H2,1H3/p+2. The molecule has 1 aliphatic heterocycles. The molecule has 1 saturated heterocycles. The monoisotopic (exact) mass is 228 g/mol. The third kappa shape index (κ3) is 3.44. The molecule has 2 aliphatic rings. The van der Waals surface area contributed by atoms with E-state index in [2.05, 4.69) is 12.2 Å². The largest absolute Gasteiger partial charge is 0.393 e. The van der Waals surface area contributed by atoms with Gasteiger partial charge in [0, 0.05) is 25.7 Å². The van der Waals surface area contributed by atoms with Gasteiger partial charge in [0.05, 0.1) is 37.8 Å². The van der Waals surface area contributed by atoms with Gasteiger partial charge in [0.1, 0.15) is 0 Å². The molecule has 3 nitrogen and oxygen atoms in total. The van der Waals surface area contributed by atoms with Gasteiger partial charge < -0.3 is 15.3 Å². The predicted molar refractivity (Wildman–Crippen MR) is 64.4 cm³/mol. The number of aliphatic hydroxyl groups is 1. The van der Waals surface area contributed by atoms with E-state index in [1.165, 1.54) is 45.3 Å². The highest BCUT2D eigenvalue weighted by molar-refractivity contribution is 4.70. The van der Waals surface area contributed by atoms with Crippen LogP contribution in [0.1, 0.15) is 45.4 Å². The SMILES string of the molecule is CC[NH+]1CCC([NH2+]C2CCC(O)CC2)CC1. The lowest BCUT2D eigenvalue weighted by molar-refractivity contribution is -0.912. The van der Waals surface area contributed by atoms with E-state index in [0.29, 0.717) is 0 Å². The minimum atomic E-state index is -0.00367. The Labute approximate surface area is 99.2 Å². The lowest BCUT2D eigenvalue weighted by Crippen LogP contribution is -3.14. The van der Waals surface area contributed by atoms with Crippen molar-refractivity contribution >= 4 is 0 Å². The van der Waals surface area contributed by atoms with Crippen LogP contribution >= 0.6 is 0 Å². The smallest absolute Gasteiger partial charge is 0.0969 e. The second kappa shape index (κ2) is 5.99. The molecule has 16 heavy (non-hydrogen) atoms. The average Bonchev–Trinajstić information content (AvgIpc) is 2.33. The summed E-state index contributed by atoms with van der Waals surface area (Å²) in [5.41, 5.74) is 0. The number of likely N-dealkylation sites (tertiary alicyclic amines) is 1. The van der Waals surface area contributed by atoms with Crippen LogP contribution in [0.3, 0.4) is 0 Å². The molecule has 0 spiro atoms. The molecule has 4 N–H and O–H groups in total. The van der Waals surface area contributed by atoms with E-state index < -0.39 is 0 Å². The van der Waals surface area contributed by atoms with Crippen molar-refractivity contribution in [3.8, 4) is 0 Å². The van der Waals surface area contributed by atoms with Crippen molar-refractivity contribution < 1.29 is 15.3 Å². The van der Waals surface area contributed by atoms with Gasteiger partial charge in [0.15, 0.2) is 0 Å². The third-order valence-corrected chi connectivity index (χ3v) is 4.52. The topological polar surface area (TPSA) is 41.3 Å². The Balaban J connectivity index is 1.66. The maximum Gasteiger partial charge on any atom is 0.0969 e. The number of nitrogens with one attached hydrogen (secondary N) is 1. The first kappa shape index (κ1) is 12.3. The van der Waals surface area contributed by atoms with Crippen LogP contribution in [0.4, 0.5) is 0 Å². The predicted octanol–water partition coefficient (Wildman–Crippen LogP) is -1.08. The number of hydrogen-bond acceptors (Lipinski definition) is 1. The highest BCUT2D eigenvalue weighted by atomic mass is 16.3. The highest BCUT2D eigenvalue weighted by Gasteiger charge is 2.28. The fourth-order valence-electron chi connectivity index (χ4n) is 3.27. The molecule has 0 aromatic heterocycles. The van der Waals surface area contributed by atoms with E-state index in [-0.39, 0.29) is 6.10 Å². The summed E-state index contributed by atoms with van der Waals surface area (Å²) < 4.78 is 0. The Hall–Kier alpha value is -0.120. The summed E-state index contributed by atoms with van der Waals surface area (Å²) in [5.74, 6) is 0. The molecule has 2 rings (SSSR count). The van der Waals surface area contributed by atoms with Crippen molar-refractivity contribution in [2.45, 2.75) is 63.6 Å². The first-order valence-electron chi connectivity index (χ1n) is 7.14. The van der Waals surface area contributed by atoms with E-state index in [1.54, 1.807) is 4.90 Å². The fraction of sp³-hybridized carbons (Fsp3) is 1.00. The maximum atomic E-state index is 9.48. The van der Waals surface area contributed by atoms with E-state index in [9.17, 15) is 5.11 Å². The van der Waals surface area contributed by atoms with Crippen LogP contribution in [-0.2, 0) is 0 Å². The molecule has 0 radical (unpaired) electrons. The van der Waals surface area contributed by atoms with Crippen LogP contribution in [-0.4, -0.2) is 42.9 Å². The number of piperidine rings is 1. The van der Waals surface area contributed by atoms with Gasteiger partial charge in [-0.1, -0.05) is 0 Å². The molecule has 94 valence electrons. The second-order valence-electron chi connectivity index (χ2n) is 5.70. The van der Waals surface area contributed by atoms with E-state index in [4.69, 9.17) is 0 Å². The van der Waals surface area contributed by atoms with E-state index in [0.717, 1.165) is 24.9 Å². The highest BCUT2D eigenvalue weighted by Crippen LogP contribution is 2.16. The molecular formula is C13H28N2O+2. The molecular weight excluding hydrogens is 200 g/mol. The molecule has 1 aliphatic carbocycles. The van der Waals surface area contributed by atoms with Gasteiger partial charge in [-0.05, 0) is 19.8 Å². The molecule has 0 bridgehead atoms. The summed E-state index contributed by atoms with van der Waals surface area (Å²) in [4.78, 5) is 1.78. The molecule has 0 atom stereocenters. The van der Waals surface area contributed by atoms with Crippen molar-refractivity contribution in [1.82, 2.24) is 0 Å². The van der Waals surface area contributed by atoms with Crippen LogP contribution in [0, 0.1) is 0 Å². The lowest BCUT2D eigenvalue weighted by atomic mass is 9.91. The molecule has 0 unspecified atom stereocenters. The zero-order chi connectivity index (χ0) is 11.4. The minimum Gasteiger partial charge on any atom is -0.393 e. The molecule has 0 aromatic carbocycles. The molecule has 1 heterocycles. The maximum absolute atomic E-state index is 9.48. The Morgan fingerprint density at radius 1 is 1.00 bits per heavy atom. The summed E-state index contributed by atoms with van der Waals surface area (Å²) in [7, 11) is 0. The van der Waals surface area contributed by atoms with Crippen LogP contribution < -0.4 is 10.2 Å². The Morgan fingerprint density at radius 3 is 2.12 bits per heavy atom. The van der Waals surface area contributed by atoms with Gasteiger partial charge in [-0.3, -0.25) is 0 Å². The number of aliphatic hydroxyl groups excluding tert-OH is 1. The van der Waals surface area contributed by atoms with Gasteiger partial charge in [-0.2, -0.15) is 0 Å². The number of rotatable bonds is 3. The summed E-state index contributed by atoms with van der Waals surface area (Å²) in [6.07, 6.45) is 7.28. The zero-order valence-electron chi connectivity index (χ0n) is 10.6. The summed E-state index contributed by atoms with van der Waals surface area (Å²) >= 11 is 0. The number of nitrogens with two attached hydrogens (primary N) is 1. The quantitative estimate of drug-likeness (QED) is 0.565. The van der Waals surface area contributed by atoms with Crippen LogP contribution in [0.15, 0.2) is 0 Å². The second-order valence-corrected chi connectivity index (χ2v) is 5.70. The van der Waals surface area contributed by atoms with Crippen molar-refractivity contribution in [2.24, 2.45) is 0 Å². The molecule has 0 aromatic rings. The van der Waals surface area contributed by atoms with Gasteiger partial charge in [-0.25, -0.2) is 0 Å². The van der Waals surface area contributed by atoms with Crippen molar-refractivity contribution in [3.63, 3.8) is 0 Å². The summed E-state index contributed by atoms with van der Waals surface area (Å²) in [5, 5.41) is 12.1. The van der Waals surface area contributed by atoms with E-state index >= 15 is 0 Å². The first-order chi connectivity index (χ1) is 7.78. The zero-order valence-corrected chi connectivity index (χ0v) is 10.6. The van der Waals surface area contributed by atoms with Gasteiger partial charge in [0.2, 0.25) is 0 Å². The number of quaternary nitrogens is 2.